The number of aryl methyl sites for hydroxylation is 2. The molecule has 5 aliphatic heterocycles. The Morgan fingerprint density at radius 2 is 0.882 bits per heavy atom. The molecule has 13 rings (SSSR count). The molecule has 0 atom stereocenters. The number of para-hydroxylation sites is 4. The van der Waals surface area contributed by atoms with Crippen molar-refractivity contribution in [1.29, 1.82) is 0 Å². The normalized spacial score (nSPS) is 16.5. The van der Waals surface area contributed by atoms with Crippen LogP contribution in [0.1, 0.15) is 140 Å². The predicted molar refractivity (Wildman–Crippen MR) is 433 cm³/mol. The Bertz CT molecular complexity index is 4240. The molecule has 0 bridgehead atoms. The van der Waals surface area contributed by atoms with Crippen LogP contribution in [0, 0.1) is 0 Å². The molecule has 3 saturated heterocycles. The quantitative estimate of drug-likeness (QED) is 0.00805. The summed E-state index contributed by atoms with van der Waals surface area (Å²) in [6.07, 6.45) is 12.8. The zero-order valence-corrected chi connectivity index (χ0v) is 67.0. The molecule has 4 aromatic heterocycles. The summed E-state index contributed by atoms with van der Waals surface area (Å²) in [6, 6.07) is 27.8. The van der Waals surface area contributed by atoms with E-state index in [0.29, 0.717) is 148 Å². The van der Waals surface area contributed by atoms with E-state index >= 15 is 0 Å². The second-order valence-corrected chi connectivity index (χ2v) is 32.4. The summed E-state index contributed by atoms with van der Waals surface area (Å²) in [5.74, 6) is 1.91. The minimum atomic E-state index is -0.303. The number of aromatic amines is 2. The van der Waals surface area contributed by atoms with Crippen molar-refractivity contribution in [3.63, 3.8) is 0 Å². The van der Waals surface area contributed by atoms with E-state index < -0.39 is 0 Å². The van der Waals surface area contributed by atoms with Gasteiger partial charge in [0.1, 0.15) is 70.9 Å². The monoisotopic (exact) mass is 1570 g/mol. The molecule has 8 aromatic rings. The van der Waals surface area contributed by atoms with Gasteiger partial charge in [0.15, 0.2) is 10.3 Å². The number of unbranched alkanes of at least 4 members (excludes halogenated alkanes) is 4. The fourth-order valence-electron chi connectivity index (χ4n) is 16.1. The van der Waals surface area contributed by atoms with Gasteiger partial charge in [-0.25, -0.2) is 29.9 Å². The largest absolute Gasteiger partial charge is 0.355 e. The van der Waals surface area contributed by atoms with E-state index in [0.717, 1.165) is 184 Å². The summed E-state index contributed by atoms with van der Waals surface area (Å²) < 4.78 is 2.01. The third-order valence-corrected chi connectivity index (χ3v) is 24.3. The van der Waals surface area contributed by atoms with Crippen LogP contribution in [-0.4, -0.2) is 261 Å². The molecule has 4 aromatic carbocycles. The van der Waals surface area contributed by atoms with Gasteiger partial charge in [0, 0.05) is 90.4 Å². The third-order valence-electron chi connectivity index (χ3n) is 22.7. The van der Waals surface area contributed by atoms with Gasteiger partial charge in [0.25, 0.3) is 23.6 Å². The summed E-state index contributed by atoms with van der Waals surface area (Å²) in [4.78, 5) is 128. The molecule has 9 heterocycles. The summed E-state index contributed by atoms with van der Waals surface area (Å²) in [5, 5.41) is 13.7. The number of H-pyrrole nitrogens is 2. The molecular formula is C80H104Cl2N20O6S2+2. The number of anilines is 2. The van der Waals surface area contributed by atoms with Crippen molar-refractivity contribution in [2.24, 2.45) is 0 Å². The van der Waals surface area contributed by atoms with Crippen molar-refractivity contribution in [2.45, 2.75) is 114 Å². The van der Waals surface area contributed by atoms with Crippen molar-refractivity contribution >= 4 is 116 Å². The fraction of sp³-hybridized carbons (Fsp3) is 0.500. The average molecular weight is 1580 g/mol. The van der Waals surface area contributed by atoms with E-state index in [2.05, 4.69) is 82.9 Å². The highest BCUT2D eigenvalue weighted by molar-refractivity contribution is 7.98. The number of nitrogens with zero attached hydrogens (tertiary/aromatic N) is 14. The zero-order chi connectivity index (χ0) is 76.7. The van der Waals surface area contributed by atoms with E-state index in [1.165, 1.54) is 34.7 Å². The molecule has 584 valence electrons. The van der Waals surface area contributed by atoms with Gasteiger partial charge in [-0.3, -0.25) is 38.6 Å². The van der Waals surface area contributed by atoms with Crippen molar-refractivity contribution in [3.8, 4) is 0 Å². The predicted octanol–water partition coefficient (Wildman–Crippen LogP) is 9.01. The lowest BCUT2D eigenvalue weighted by atomic mass is 10.0. The van der Waals surface area contributed by atoms with Gasteiger partial charge in [0.05, 0.1) is 87.5 Å². The van der Waals surface area contributed by atoms with Gasteiger partial charge in [0.2, 0.25) is 11.8 Å². The van der Waals surface area contributed by atoms with Crippen LogP contribution in [0.4, 0.5) is 11.6 Å². The molecule has 2 spiro atoms. The minimum absolute atomic E-state index is 0.00853. The second-order valence-electron chi connectivity index (χ2n) is 30.1. The van der Waals surface area contributed by atoms with Crippen LogP contribution in [0.2, 0.25) is 10.3 Å². The fourth-order valence-corrected chi connectivity index (χ4v) is 17.5. The number of halogens is 2. The Morgan fingerprint density at radius 3 is 1.28 bits per heavy atom. The number of carbonyl (C=O) groups excluding carboxylic acids is 6. The molecule has 5 aliphatic rings. The summed E-state index contributed by atoms with van der Waals surface area (Å²) in [7, 11) is 3.60. The van der Waals surface area contributed by atoms with Crippen LogP contribution < -0.4 is 31.1 Å². The minimum Gasteiger partial charge on any atom is -0.355 e. The summed E-state index contributed by atoms with van der Waals surface area (Å²) in [6.45, 7) is 18.0. The van der Waals surface area contributed by atoms with Crippen molar-refractivity contribution < 1.29 is 37.7 Å². The summed E-state index contributed by atoms with van der Waals surface area (Å²) >= 11 is 16.5. The van der Waals surface area contributed by atoms with Crippen LogP contribution in [-0.2, 0) is 48.6 Å². The maximum absolute atomic E-state index is 14.0. The highest BCUT2D eigenvalue weighted by atomic mass is 35.5. The van der Waals surface area contributed by atoms with Crippen molar-refractivity contribution in [1.82, 2.24) is 80.7 Å². The molecule has 0 saturated carbocycles. The highest BCUT2D eigenvalue weighted by Gasteiger charge is 2.46. The van der Waals surface area contributed by atoms with Crippen LogP contribution in [0.25, 0.3) is 22.1 Å². The number of nitrogens with one attached hydrogen (secondary N) is 6. The Morgan fingerprint density at radius 1 is 0.473 bits per heavy atom. The molecule has 3 fully saturated rings. The number of benzene rings is 4. The van der Waals surface area contributed by atoms with Gasteiger partial charge >= 0.3 is 0 Å². The van der Waals surface area contributed by atoms with Crippen LogP contribution in [0.5, 0.6) is 0 Å². The van der Waals surface area contributed by atoms with Gasteiger partial charge in [-0.1, -0.05) is 96.0 Å². The number of thioether (sulfide) groups is 2. The smallest absolute Gasteiger partial charge is 0.258 e. The number of quaternary nitrogens is 2. The molecular weight excluding hydrogens is 1470 g/mol. The Balaban J connectivity index is 0.498. The van der Waals surface area contributed by atoms with E-state index in [1.807, 2.05) is 85.3 Å². The molecule has 0 aliphatic carbocycles. The van der Waals surface area contributed by atoms with Crippen LogP contribution in [0.15, 0.2) is 95.2 Å². The zero-order valence-electron chi connectivity index (χ0n) is 63.8. The number of hydrogen-bond donors (Lipinski definition) is 6. The van der Waals surface area contributed by atoms with Crippen molar-refractivity contribution in [2.75, 3.05) is 167 Å². The van der Waals surface area contributed by atoms with E-state index in [9.17, 15) is 28.8 Å². The second kappa shape index (κ2) is 37.2. The maximum Gasteiger partial charge on any atom is 0.258 e. The standard InChI is InChI=1S/C80H102Cl2N20O6S2/c1-95(53-65-87-61-19-9-10-20-62(61)88-65)77(107)57-27-25-55-17-15-33-97(51-59(55)49-57)35-31-83-67(103)23-7-5-13-29-85-75(105)69-71(81)91-79(109-3)93-73(69)99-37-41-101(42-38-99)45-47-102(48-46-101)43-39-100(40-44-102)74-70(72(82)92-80(94-74)110-4)76(106)86-30-14-6-8-24-68(104)84-32-36-98-34-16-18-56-26-28-58(50-60(56)52-98)78(108)96(2)54-66-89-63-21-11-12-22-64(63)90-66/h9-12,19-22,25-28,49-50H,5-8,13-18,23-24,29-48,51-54H2,1-4H3,(H4-2,83,84,85,86,87,88,89,90,103,104,105,106)/p+2. The molecule has 26 nitrogen and oxygen atoms in total. The number of amides is 6. The number of carbonyl (C=O) groups is 6. The first kappa shape index (κ1) is 79.6. The third kappa shape index (κ3) is 20.0. The molecule has 6 amide bonds. The first-order valence-electron chi connectivity index (χ1n) is 39.0. The first-order chi connectivity index (χ1) is 53.4. The SMILES string of the molecule is CSc1nc(Cl)c(C(=O)NCCCCCC(=O)NCCN2CCCc3ccc(C(=O)N(C)Cc4nc5ccccc5[nH]4)cc3C2)c(N2CC[N+]3(CC2)CC[N+]2(CCN(c4nc(SC)nc(Cl)c4C(=O)NCCCCCC(=O)NCCN4CCCc5ccc(C(=O)N(C)Cc6nc7ccccc7[nH]6)cc5C4)CC2)CC3)n1. The van der Waals surface area contributed by atoms with Crippen LogP contribution >= 0.6 is 46.7 Å². The van der Waals surface area contributed by atoms with E-state index in [-0.39, 0.29) is 45.7 Å². The van der Waals surface area contributed by atoms with Crippen molar-refractivity contribution in [3.05, 3.63) is 151 Å². The Hall–Kier alpha value is -8.48. The number of aromatic nitrogens is 8. The van der Waals surface area contributed by atoms with Crippen LogP contribution in [0.3, 0.4) is 0 Å². The highest BCUT2D eigenvalue weighted by Crippen LogP contribution is 2.34. The molecule has 30 heteroatoms. The van der Waals surface area contributed by atoms with E-state index in [1.54, 1.807) is 23.9 Å². The Kier molecular flexibility index (Phi) is 26.9. The lowest BCUT2D eigenvalue weighted by Crippen LogP contribution is -2.73. The van der Waals surface area contributed by atoms with Gasteiger partial charge < -0.3 is 59.8 Å². The number of fused-ring (bicyclic) bond motifs is 4. The average Bonchev–Trinajstić information content (AvgIpc) is 0.982. The molecule has 0 radical (unpaired) electrons. The molecule has 6 N–H and O–H groups in total. The number of rotatable bonds is 30. The lowest BCUT2D eigenvalue weighted by Gasteiger charge is -2.54. The number of piperazine rings is 3. The Labute approximate surface area is 662 Å². The van der Waals surface area contributed by atoms with Gasteiger partial charge in [-0.2, -0.15) is 0 Å². The molecule has 0 unspecified atom stereocenters. The number of imidazole rings is 2. The number of hydrogen-bond acceptors (Lipinski definition) is 18. The van der Waals surface area contributed by atoms with Gasteiger partial charge in [-0.05, 0) is 148 Å². The molecule has 110 heavy (non-hydrogen) atoms. The maximum atomic E-state index is 14.0. The summed E-state index contributed by atoms with van der Waals surface area (Å²) in [5.41, 5.74) is 10.3. The van der Waals surface area contributed by atoms with Gasteiger partial charge in [-0.15, -0.1) is 0 Å². The van der Waals surface area contributed by atoms with E-state index in [4.69, 9.17) is 33.2 Å². The first-order valence-corrected chi connectivity index (χ1v) is 42.2. The topological polar surface area (TPSA) is 279 Å². The lowest BCUT2D eigenvalue weighted by molar-refractivity contribution is -1.03.